The number of hydrogen-bond acceptors (Lipinski definition) is 4. The predicted octanol–water partition coefficient (Wildman–Crippen LogP) is 3.44. The molecular weight excluding hydrogens is 364 g/mol. The second-order valence-corrected chi connectivity index (χ2v) is 8.38. The van der Waals surface area contributed by atoms with Gasteiger partial charge in [-0.3, -0.25) is 9.10 Å². The fourth-order valence-corrected chi connectivity index (χ4v) is 2.93. The Morgan fingerprint density at radius 2 is 1.70 bits per heavy atom. The number of ether oxygens (including phenoxy) is 1. The number of nitrogens with one attached hydrogen (secondary N) is 1. The van der Waals surface area contributed by atoms with Crippen LogP contribution in [0.4, 0.5) is 11.4 Å². The normalized spacial score (nSPS) is 11.1. The summed E-state index contributed by atoms with van der Waals surface area (Å²) in [7, 11) is -1.83. The van der Waals surface area contributed by atoms with E-state index >= 15 is 0 Å². The maximum absolute atomic E-state index is 12.0. The number of carbonyl (C=O) groups is 1. The van der Waals surface area contributed by atoms with Crippen molar-refractivity contribution in [2.45, 2.75) is 26.2 Å². The lowest BCUT2D eigenvalue weighted by Gasteiger charge is -2.16. The maximum atomic E-state index is 12.0. The van der Waals surface area contributed by atoms with Gasteiger partial charge in [-0.05, 0) is 54.8 Å². The highest BCUT2D eigenvalue weighted by Gasteiger charge is 2.11. The highest BCUT2D eigenvalue weighted by molar-refractivity contribution is 7.92. The van der Waals surface area contributed by atoms with E-state index in [1.807, 2.05) is 24.3 Å². The summed E-state index contributed by atoms with van der Waals surface area (Å²) >= 11 is 0. The second-order valence-electron chi connectivity index (χ2n) is 6.36. The smallest absolute Gasteiger partial charge is 0.262 e. The Bertz CT molecular complexity index is 847. The molecule has 27 heavy (non-hydrogen) atoms. The van der Waals surface area contributed by atoms with E-state index in [1.165, 1.54) is 16.9 Å². The quantitative estimate of drug-likeness (QED) is 0.712. The van der Waals surface area contributed by atoms with Crippen LogP contribution in [0.15, 0.2) is 48.5 Å². The molecule has 0 heterocycles. The molecule has 2 aromatic rings. The Morgan fingerprint density at radius 1 is 1.07 bits per heavy atom. The third-order valence-electron chi connectivity index (χ3n) is 4.12. The Kier molecular flexibility index (Phi) is 7.24. The SMILES string of the molecule is CCCCc1ccc(NC(=O)COc2ccc(N(C)S(C)(=O)=O)cc2)cc1. The molecule has 0 saturated heterocycles. The number of anilines is 2. The molecule has 1 amide bonds. The van der Waals surface area contributed by atoms with Crippen LogP contribution in [0.1, 0.15) is 25.3 Å². The van der Waals surface area contributed by atoms with Crippen molar-refractivity contribution in [1.29, 1.82) is 0 Å². The molecule has 2 aromatic carbocycles. The molecular formula is C20H26N2O4S. The van der Waals surface area contributed by atoms with Crippen molar-refractivity contribution in [3.8, 4) is 5.75 Å². The van der Waals surface area contributed by atoms with Gasteiger partial charge in [0.15, 0.2) is 6.61 Å². The predicted molar refractivity (Wildman–Crippen MR) is 109 cm³/mol. The van der Waals surface area contributed by atoms with Gasteiger partial charge in [0.2, 0.25) is 10.0 Å². The van der Waals surface area contributed by atoms with Gasteiger partial charge in [-0.25, -0.2) is 8.42 Å². The topological polar surface area (TPSA) is 75.7 Å². The zero-order valence-corrected chi connectivity index (χ0v) is 16.8. The van der Waals surface area contributed by atoms with Crippen molar-refractivity contribution in [2.75, 3.05) is 29.5 Å². The first-order valence-electron chi connectivity index (χ1n) is 8.85. The number of rotatable bonds is 9. The van der Waals surface area contributed by atoms with E-state index in [4.69, 9.17) is 4.74 Å². The number of hydrogen-bond donors (Lipinski definition) is 1. The molecule has 0 bridgehead atoms. The van der Waals surface area contributed by atoms with E-state index in [-0.39, 0.29) is 12.5 Å². The van der Waals surface area contributed by atoms with Gasteiger partial charge in [0.1, 0.15) is 5.75 Å². The van der Waals surface area contributed by atoms with Crippen LogP contribution >= 0.6 is 0 Å². The molecule has 0 saturated carbocycles. The molecule has 1 N–H and O–H groups in total. The fourth-order valence-electron chi connectivity index (χ4n) is 2.43. The molecule has 0 aliphatic carbocycles. The minimum atomic E-state index is -3.31. The van der Waals surface area contributed by atoms with E-state index in [2.05, 4.69) is 12.2 Å². The molecule has 0 aromatic heterocycles. The van der Waals surface area contributed by atoms with Crippen LogP contribution < -0.4 is 14.4 Å². The molecule has 0 radical (unpaired) electrons. The standard InChI is InChI=1S/C20H26N2O4S/c1-4-5-6-16-7-9-17(10-8-16)21-20(23)15-26-19-13-11-18(12-14-19)22(2)27(3,24)25/h7-14H,4-6,15H2,1-3H3,(H,21,23). The lowest BCUT2D eigenvalue weighted by Crippen LogP contribution is -2.24. The molecule has 7 heteroatoms. The van der Waals surface area contributed by atoms with Gasteiger partial charge < -0.3 is 10.1 Å². The summed E-state index contributed by atoms with van der Waals surface area (Å²) < 4.78 is 29.7. The first kappa shape index (κ1) is 20.8. The zero-order valence-electron chi connectivity index (χ0n) is 15.9. The van der Waals surface area contributed by atoms with Crippen molar-refractivity contribution in [2.24, 2.45) is 0 Å². The minimum Gasteiger partial charge on any atom is -0.484 e. The average Bonchev–Trinajstić information content (AvgIpc) is 2.65. The Morgan fingerprint density at radius 3 is 2.26 bits per heavy atom. The Balaban J connectivity index is 1.84. The van der Waals surface area contributed by atoms with Crippen LogP contribution in [0.3, 0.4) is 0 Å². The highest BCUT2D eigenvalue weighted by Crippen LogP contribution is 2.20. The van der Waals surface area contributed by atoms with Crippen LogP contribution in [0.2, 0.25) is 0 Å². The molecule has 0 atom stereocenters. The van der Waals surface area contributed by atoms with Crippen LogP contribution in [0, 0.1) is 0 Å². The third-order valence-corrected chi connectivity index (χ3v) is 5.33. The first-order chi connectivity index (χ1) is 12.8. The van der Waals surface area contributed by atoms with Crippen molar-refractivity contribution >= 4 is 27.3 Å². The summed E-state index contributed by atoms with van der Waals surface area (Å²) in [6.45, 7) is 2.03. The third kappa shape index (κ3) is 6.60. The van der Waals surface area contributed by atoms with E-state index in [0.29, 0.717) is 11.4 Å². The van der Waals surface area contributed by atoms with E-state index < -0.39 is 10.0 Å². The molecule has 146 valence electrons. The van der Waals surface area contributed by atoms with Crippen LogP contribution in [0.5, 0.6) is 5.75 Å². The summed E-state index contributed by atoms with van der Waals surface area (Å²) in [5.41, 5.74) is 2.51. The van der Waals surface area contributed by atoms with Crippen LogP contribution in [0.25, 0.3) is 0 Å². The van der Waals surface area contributed by atoms with Gasteiger partial charge >= 0.3 is 0 Å². The van der Waals surface area contributed by atoms with E-state index in [1.54, 1.807) is 24.3 Å². The lowest BCUT2D eigenvalue weighted by molar-refractivity contribution is -0.118. The van der Waals surface area contributed by atoms with Gasteiger partial charge in [-0.15, -0.1) is 0 Å². The summed E-state index contributed by atoms with van der Waals surface area (Å²) in [5.74, 6) is 0.236. The minimum absolute atomic E-state index is 0.126. The van der Waals surface area contributed by atoms with Gasteiger partial charge in [-0.2, -0.15) is 0 Å². The van der Waals surface area contributed by atoms with E-state index in [0.717, 1.165) is 31.2 Å². The summed E-state index contributed by atoms with van der Waals surface area (Å²) in [6, 6.07) is 14.3. The fraction of sp³-hybridized carbons (Fsp3) is 0.350. The largest absolute Gasteiger partial charge is 0.484 e. The molecule has 0 aliphatic heterocycles. The van der Waals surface area contributed by atoms with Crippen LogP contribution in [-0.4, -0.2) is 34.2 Å². The van der Waals surface area contributed by atoms with Gasteiger partial charge in [0.05, 0.1) is 11.9 Å². The average molecular weight is 391 g/mol. The molecule has 0 unspecified atom stereocenters. The number of carbonyl (C=O) groups excluding carboxylic acids is 1. The summed E-state index contributed by atoms with van der Waals surface area (Å²) in [6.07, 6.45) is 4.48. The number of aryl methyl sites for hydroxylation is 1. The van der Waals surface area contributed by atoms with Crippen molar-refractivity contribution in [1.82, 2.24) is 0 Å². The van der Waals surface area contributed by atoms with Crippen molar-refractivity contribution in [3.05, 3.63) is 54.1 Å². The molecule has 0 aliphatic rings. The van der Waals surface area contributed by atoms with E-state index in [9.17, 15) is 13.2 Å². The second kappa shape index (κ2) is 9.41. The van der Waals surface area contributed by atoms with Gasteiger partial charge in [0, 0.05) is 12.7 Å². The molecule has 2 rings (SSSR count). The zero-order chi connectivity index (χ0) is 19.9. The number of nitrogens with zero attached hydrogens (tertiary/aromatic N) is 1. The van der Waals surface area contributed by atoms with Gasteiger partial charge in [0.25, 0.3) is 5.91 Å². The molecule has 0 spiro atoms. The lowest BCUT2D eigenvalue weighted by atomic mass is 10.1. The monoisotopic (exact) mass is 390 g/mol. The molecule has 6 nitrogen and oxygen atoms in total. The number of benzene rings is 2. The summed E-state index contributed by atoms with van der Waals surface area (Å²) in [4.78, 5) is 12.0. The Labute approximate surface area is 161 Å². The van der Waals surface area contributed by atoms with Crippen molar-refractivity contribution < 1.29 is 17.9 Å². The summed E-state index contributed by atoms with van der Waals surface area (Å²) in [5, 5.41) is 2.79. The number of unbranched alkanes of at least 4 members (excludes halogenated alkanes) is 1. The van der Waals surface area contributed by atoms with Gasteiger partial charge in [-0.1, -0.05) is 25.5 Å². The highest BCUT2D eigenvalue weighted by atomic mass is 32.2. The number of amides is 1. The first-order valence-corrected chi connectivity index (χ1v) is 10.7. The molecule has 0 fully saturated rings. The maximum Gasteiger partial charge on any atom is 0.262 e. The van der Waals surface area contributed by atoms with Crippen LogP contribution in [-0.2, 0) is 21.2 Å². The van der Waals surface area contributed by atoms with Crippen molar-refractivity contribution in [3.63, 3.8) is 0 Å². The Hall–Kier alpha value is -2.54. The number of sulfonamides is 1.